The number of para-hydroxylation sites is 1. The van der Waals surface area contributed by atoms with Crippen molar-refractivity contribution < 1.29 is 0 Å². The molecule has 0 N–H and O–H groups in total. The third kappa shape index (κ3) is 3.06. The smallest absolute Gasteiger partial charge is 0.0629 e. The SMILES string of the molecule is C1=CCC=C(C=Nc2ccccc2)C=C1. The van der Waals surface area contributed by atoms with Gasteiger partial charge in [0.2, 0.25) is 0 Å². The van der Waals surface area contributed by atoms with Gasteiger partial charge in [0, 0.05) is 6.21 Å². The summed E-state index contributed by atoms with van der Waals surface area (Å²) in [6, 6.07) is 9.97. The Labute approximate surface area is 90.2 Å². The van der Waals surface area contributed by atoms with Gasteiger partial charge in [-0.25, -0.2) is 0 Å². The van der Waals surface area contributed by atoms with E-state index in [1.54, 1.807) is 0 Å². The maximum Gasteiger partial charge on any atom is 0.0629 e. The van der Waals surface area contributed by atoms with E-state index in [0.717, 1.165) is 17.7 Å². The predicted molar refractivity (Wildman–Crippen MR) is 65.6 cm³/mol. The summed E-state index contributed by atoms with van der Waals surface area (Å²) in [4.78, 5) is 4.40. The van der Waals surface area contributed by atoms with E-state index in [2.05, 4.69) is 29.3 Å². The van der Waals surface area contributed by atoms with E-state index in [0.29, 0.717) is 0 Å². The average Bonchev–Trinajstić information content (AvgIpc) is 2.56. The van der Waals surface area contributed by atoms with E-state index < -0.39 is 0 Å². The van der Waals surface area contributed by atoms with Crippen LogP contribution in [0.5, 0.6) is 0 Å². The molecule has 0 spiro atoms. The summed E-state index contributed by atoms with van der Waals surface area (Å²) in [7, 11) is 0. The molecule has 74 valence electrons. The third-order valence-electron chi connectivity index (χ3n) is 2.14. The van der Waals surface area contributed by atoms with Crippen LogP contribution < -0.4 is 0 Å². The Kier molecular flexibility index (Phi) is 3.29. The lowest BCUT2D eigenvalue weighted by Gasteiger charge is -1.93. The van der Waals surface area contributed by atoms with Gasteiger partial charge in [0.25, 0.3) is 0 Å². The molecule has 0 aliphatic heterocycles. The zero-order valence-corrected chi connectivity index (χ0v) is 8.51. The second-order valence-electron chi connectivity index (χ2n) is 3.32. The summed E-state index contributed by atoms with van der Waals surface area (Å²) >= 11 is 0. The molecule has 0 fully saturated rings. The average molecular weight is 195 g/mol. The summed E-state index contributed by atoms with van der Waals surface area (Å²) in [6.45, 7) is 0. The van der Waals surface area contributed by atoms with Gasteiger partial charge in [-0.1, -0.05) is 48.6 Å². The van der Waals surface area contributed by atoms with Crippen molar-refractivity contribution in [3.63, 3.8) is 0 Å². The van der Waals surface area contributed by atoms with E-state index >= 15 is 0 Å². The minimum absolute atomic E-state index is 0.975. The van der Waals surface area contributed by atoms with E-state index in [9.17, 15) is 0 Å². The molecule has 1 aliphatic carbocycles. The Morgan fingerprint density at radius 1 is 1.07 bits per heavy atom. The van der Waals surface area contributed by atoms with Crippen molar-refractivity contribution in [2.45, 2.75) is 6.42 Å². The lowest BCUT2D eigenvalue weighted by molar-refractivity contribution is 1.39. The van der Waals surface area contributed by atoms with Crippen molar-refractivity contribution >= 4 is 11.9 Å². The Morgan fingerprint density at radius 2 is 1.93 bits per heavy atom. The minimum Gasteiger partial charge on any atom is -0.256 e. The molecular weight excluding hydrogens is 182 g/mol. The van der Waals surface area contributed by atoms with Crippen LogP contribution in [0.3, 0.4) is 0 Å². The van der Waals surface area contributed by atoms with E-state index in [4.69, 9.17) is 0 Å². The van der Waals surface area contributed by atoms with E-state index in [1.807, 2.05) is 42.6 Å². The van der Waals surface area contributed by atoms with Crippen molar-refractivity contribution in [2.24, 2.45) is 4.99 Å². The van der Waals surface area contributed by atoms with E-state index in [1.165, 1.54) is 0 Å². The van der Waals surface area contributed by atoms with E-state index in [-0.39, 0.29) is 0 Å². The normalized spacial score (nSPS) is 15.3. The number of hydrogen-bond donors (Lipinski definition) is 0. The monoisotopic (exact) mass is 195 g/mol. The van der Waals surface area contributed by atoms with Crippen molar-refractivity contribution in [1.82, 2.24) is 0 Å². The van der Waals surface area contributed by atoms with Gasteiger partial charge in [-0.2, -0.15) is 0 Å². The maximum absolute atomic E-state index is 4.40. The highest BCUT2D eigenvalue weighted by Gasteiger charge is 1.89. The maximum atomic E-state index is 4.40. The summed E-state index contributed by atoms with van der Waals surface area (Å²) in [6.07, 6.45) is 13.3. The Balaban J connectivity index is 2.09. The van der Waals surface area contributed by atoms with Gasteiger partial charge in [-0.3, -0.25) is 4.99 Å². The molecule has 0 unspecified atom stereocenters. The molecule has 0 saturated heterocycles. The molecule has 0 aromatic heterocycles. The highest BCUT2D eigenvalue weighted by Crippen LogP contribution is 2.10. The second-order valence-corrected chi connectivity index (χ2v) is 3.32. The largest absolute Gasteiger partial charge is 0.256 e. The number of benzene rings is 1. The molecule has 1 nitrogen and oxygen atoms in total. The van der Waals surface area contributed by atoms with Crippen molar-refractivity contribution in [3.8, 4) is 0 Å². The molecule has 2 rings (SSSR count). The first-order valence-electron chi connectivity index (χ1n) is 5.08. The number of rotatable bonds is 2. The van der Waals surface area contributed by atoms with Gasteiger partial charge in [0.1, 0.15) is 0 Å². The molecule has 0 bridgehead atoms. The zero-order chi connectivity index (χ0) is 10.3. The van der Waals surface area contributed by atoms with Crippen molar-refractivity contribution in [1.29, 1.82) is 0 Å². The van der Waals surface area contributed by atoms with Gasteiger partial charge in [0.15, 0.2) is 0 Å². The molecule has 1 aromatic carbocycles. The van der Waals surface area contributed by atoms with Crippen LogP contribution in [0.1, 0.15) is 6.42 Å². The summed E-state index contributed by atoms with van der Waals surface area (Å²) in [5, 5.41) is 0. The van der Waals surface area contributed by atoms with Crippen LogP contribution in [0, 0.1) is 0 Å². The fourth-order valence-corrected chi connectivity index (χ4v) is 1.35. The van der Waals surface area contributed by atoms with Crippen LogP contribution in [0.15, 0.2) is 71.3 Å². The zero-order valence-electron chi connectivity index (χ0n) is 8.51. The molecule has 0 atom stereocenters. The number of allylic oxidation sites excluding steroid dienone is 6. The Bertz CT molecular complexity index is 422. The molecule has 0 saturated carbocycles. The topological polar surface area (TPSA) is 12.4 Å². The van der Waals surface area contributed by atoms with Gasteiger partial charge < -0.3 is 0 Å². The quantitative estimate of drug-likeness (QED) is 0.636. The molecule has 1 heteroatoms. The number of aliphatic imine (C=N–C) groups is 1. The van der Waals surface area contributed by atoms with Crippen LogP contribution in [-0.4, -0.2) is 6.21 Å². The molecule has 15 heavy (non-hydrogen) atoms. The van der Waals surface area contributed by atoms with Crippen molar-refractivity contribution in [3.05, 3.63) is 66.3 Å². The molecule has 0 amide bonds. The highest BCUT2D eigenvalue weighted by atomic mass is 14.7. The van der Waals surface area contributed by atoms with Gasteiger partial charge >= 0.3 is 0 Å². The summed E-state index contributed by atoms with van der Waals surface area (Å²) < 4.78 is 0. The fourth-order valence-electron chi connectivity index (χ4n) is 1.35. The second kappa shape index (κ2) is 5.11. The van der Waals surface area contributed by atoms with Crippen LogP contribution in [0.25, 0.3) is 0 Å². The van der Waals surface area contributed by atoms with Crippen molar-refractivity contribution in [2.75, 3.05) is 0 Å². The fraction of sp³-hybridized carbons (Fsp3) is 0.0714. The minimum atomic E-state index is 0.975. The lowest BCUT2D eigenvalue weighted by atomic mass is 10.2. The molecule has 1 aliphatic rings. The van der Waals surface area contributed by atoms with Crippen LogP contribution in [0.4, 0.5) is 5.69 Å². The number of hydrogen-bond acceptors (Lipinski definition) is 1. The molecule has 1 aromatic rings. The highest BCUT2D eigenvalue weighted by molar-refractivity contribution is 5.84. The first kappa shape index (κ1) is 9.66. The van der Waals surface area contributed by atoms with Crippen LogP contribution >= 0.6 is 0 Å². The first-order chi connectivity index (χ1) is 7.45. The van der Waals surface area contributed by atoms with Crippen LogP contribution in [-0.2, 0) is 0 Å². The lowest BCUT2D eigenvalue weighted by Crippen LogP contribution is -1.78. The summed E-state index contributed by atoms with van der Waals surface area (Å²) in [5.41, 5.74) is 2.15. The Hall–Kier alpha value is -1.89. The Morgan fingerprint density at radius 3 is 2.80 bits per heavy atom. The predicted octanol–water partition coefficient (Wildman–Crippen LogP) is 3.83. The standard InChI is InChI=1S/C14H13N/c1-2-5-9-13(8-4-1)12-15-14-10-6-3-7-11-14/h1-4,6-12H,5H2. The molecule has 0 radical (unpaired) electrons. The summed E-state index contributed by atoms with van der Waals surface area (Å²) in [5.74, 6) is 0. The van der Waals surface area contributed by atoms with Gasteiger partial charge in [-0.05, 0) is 24.1 Å². The first-order valence-corrected chi connectivity index (χ1v) is 5.08. The van der Waals surface area contributed by atoms with Gasteiger partial charge in [0.05, 0.1) is 5.69 Å². The van der Waals surface area contributed by atoms with Crippen LogP contribution in [0.2, 0.25) is 0 Å². The molecule has 0 heterocycles. The van der Waals surface area contributed by atoms with Gasteiger partial charge in [-0.15, -0.1) is 0 Å². The number of nitrogens with zero attached hydrogens (tertiary/aromatic N) is 1. The molecular formula is C14H13N. The third-order valence-corrected chi connectivity index (χ3v) is 2.14.